The first kappa shape index (κ1) is 16.6. The molecule has 0 saturated carbocycles. The number of nitrogens with zero attached hydrogens (tertiary/aromatic N) is 3. The van der Waals surface area contributed by atoms with E-state index in [4.69, 9.17) is 4.98 Å². The van der Waals surface area contributed by atoms with Gasteiger partial charge in [-0.25, -0.2) is 0 Å². The van der Waals surface area contributed by atoms with E-state index in [2.05, 4.69) is 88.2 Å². The summed E-state index contributed by atoms with van der Waals surface area (Å²) in [5, 5.41) is 2.48. The van der Waals surface area contributed by atoms with E-state index in [9.17, 15) is 0 Å². The largest absolute Gasteiger partial charge is 0.352 e. The molecular formula is C26H23N3. The molecule has 5 aromatic rings. The fourth-order valence-electron chi connectivity index (χ4n) is 4.75. The molecule has 29 heavy (non-hydrogen) atoms. The van der Waals surface area contributed by atoms with Crippen LogP contribution in [0.25, 0.3) is 27.3 Å². The molecule has 4 heterocycles. The number of rotatable bonds is 2. The van der Waals surface area contributed by atoms with Crippen LogP contribution in [0.15, 0.2) is 78.9 Å². The molecule has 6 rings (SSSR count). The SMILES string of the molecule is c1ccc2nc(CN3CCCCc4cc5ccc6ccccc6n5c43)ccc2c1. The molecule has 0 fully saturated rings. The van der Waals surface area contributed by atoms with Gasteiger partial charge in [0.25, 0.3) is 0 Å². The first-order valence-electron chi connectivity index (χ1n) is 10.5. The quantitative estimate of drug-likeness (QED) is 0.377. The van der Waals surface area contributed by atoms with Gasteiger partial charge < -0.3 is 4.90 Å². The van der Waals surface area contributed by atoms with Crippen molar-refractivity contribution in [3.05, 3.63) is 90.1 Å². The van der Waals surface area contributed by atoms with Crippen molar-refractivity contribution in [2.45, 2.75) is 25.8 Å². The van der Waals surface area contributed by atoms with Gasteiger partial charge in [-0.15, -0.1) is 0 Å². The van der Waals surface area contributed by atoms with Crippen LogP contribution in [-0.4, -0.2) is 15.9 Å². The Morgan fingerprint density at radius 2 is 1.62 bits per heavy atom. The van der Waals surface area contributed by atoms with Crippen molar-refractivity contribution >= 4 is 33.1 Å². The van der Waals surface area contributed by atoms with Crippen molar-refractivity contribution in [3.63, 3.8) is 0 Å². The van der Waals surface area contributed by atoms with E-state index >= 15 is 0 Å². The van der Waals surface area contributed by atoms with Gasteiger partial charge in [-0.3, -0.25) is 9.38 Å². The van der Waals surface area contributed by atoms with Gasteiger partial charge in [0.2, 0.25) is 0 Å². The van der Waals surface area contributed by atoms with E-state index in [1.165, 1.54) is 46.0 Å². The van der Waals surface area contributed by atoms with Crippen molar-refractivity contribution < 1.29 is 0 Å². The minimum atomic E-state index is 0.840. The monoisotopic (exact) mass is 377 g/mol. The molecule has 0 bridgehead atoms. The lowest BCUT2D eigenvalue weighted by atomic mass is 10.1. The van der Waals surface area contributed by atoms with Gasteiger partial charge in [-0.05, 0) is 60.5 Å². The van der Waals surface area contributed by atoms with E-state index in [-0.39, 0.29) is 0 Å². The normalized spacial score (nSPS) is 14.4. The number of para-hydroxylation sites is 2. The zero-order chi connectivity index (χ0) is 19.2. The summed E-state index contributed by atoms with van der Waals surface area (Å²) in [7, 11) is 0. The van der Waals surface area contributed by atoms with Gasteiger partial charge in [-0.1, -0.05) is 48.5 Å². The second kappa shape index (κ2) is 6.63. The molecule has 1 aliphatic rings. The Morgan fingerprint density at radius 3 is 2.59 bits per heavy atom. The highest BCUT2D eigenvalue weighted by molar-refractivity contribution is 5.86. The van der Waals surface area contributed by atoms with Gasteiger partial charge in [0, 0.05) is 17.4 Å². The second-order valence-corrected chi connectivity index (χ2v) is 8.02. The molecule has 0 unspecified atom stereocenters. The standard InChI is InChI=1S/C26H23N3/c1-3-10-24-19(7-1)12-14-22(27-24)18-28-16-6-5-9-21-17-23-15-13-20-8-2-4-11-25(20)29(23)26(21)28/h1-4,7-8,10-15,17H,5-6,9,16,18H2. The number of hydrogen-bond donors (Lipinski definition) is 0. The van der Waals surface area contributed by atoms with Gasteiger partial charge in [0.1, 0.15) is 5.82 Å². The molecule has 1 aliphatic heterocycles. The van der Waals surface area contributed by atoms with Crippen LogP contribution in [-0.2, 0) is 13.0 Å². The van der Waals surface area contributed by atoms with E-state index in [1.807, 2.05) is 0 Å². The van der Waals surface area contributed by atoms with Crippen molar-refractivity contribution in [1.82, 2.24) is 9.38 Å². The lowest BCUT2D eigenvalue weighted by Gasteiger charge is -2.25. The molecule has 0 saturated heterocycles. The summed E-state index contributed by atoms with van der Waals surface area (Å²) in [6, 6.07) is 28.3. The topological polar surface area (TPSA) is 20.5 Å². The van der Waals surface area contributed by atoms with Crippen LogP contribution in [0.4, 0.5) is 5.82 Å². The van der Waals surface area contributed by atoms with Crippen LogP contribution in [0.2, 0.25) is 0 Å². The van der Waals surface area contributed by atoms with Crippen LogP contribution in [0.1, 0.15) is 24.1 Å². The maximum atomic E-state index is 4.95. The van der Waals surface area contributed by atoms with Crippen LogP contribution in [0.5, 0.6) is 0 Å². The smallest absolute Gasteiger partial charge is 0.117 e. The molecule has 0 atom stereocenters. The summed E-state index contributed by atoms with van der Waals surface area (Å²) < 4.78 is 2.46. The molecule has 3 heteroatoms. The minimum absolute atomic E-state index is 0.840. The Balaban J connectivity index is 1.51. The predicted octanol–water partition coefficient (Wildman–Crippen LogP) is 5.98. The number of anilines is 1. The summed E-state index contributed by atoms with van der Waals surface area (Å²) in [6.07, 6.45) is 3.60. The highest BCUT2D eigenvalue weighted by Crippen LogP contribution is 2.34. The van der Waals surface area contributed by atoms with Gasteiger partial charge in [0.05, 0.1) is 23.3 Å². The molecule has 142 valence electrons. The lowest BCUT2D eigenvalue weighted by Crippen LogP contribution is -2.25. The maximum absolute atomic E-state index is 4.95. The Bertz CT molecular complexity index is 1350. The number of hydrogen-bond acceptors (Lipinski definition) is 2. The molecule has 2 aromatic carbocycles. The van der Waals surface area contributed by atoms with Crippen molar-refractivity contribution in [2.24, 2.45) is 0 Å². The van der Waals surface area contributed by atoms with Crippen LogP contribution < -0.4 is 4.90 Å². The summed E-state index contributed by atoms with van der Waals surface area (Å²) in [6.45, 7) is 1.91. The van der Waals surface area contributed by atoms with E-state index < -0.39 is 0 Å². The highest BCUT2D eigenvalue weighted by atomic mass is 15.2. The third-order valence-corrected chi connectivity index (χ3v) is 6.12. The van der Waals surface area contributed by atoms with Gasteiger partial charge in [-0.2, -0.15) is 0 Å². The average Bonchev–Trinajstić information content (AvgIpc) is 3.04. The predicted molar refractivity (Wildman–Crippen MR) is 121 cm³/mol. The van der Waals surface area contributed by atoms with Crippen LogP contribution in [0, 0.1) is 0 Å². The third kappa shape index (κ3) is 2.77. The van der Waals surface area contributed by atoms with Crippen LogP contribution in [0.3, 0.4) is 0 Å². The molecule has 0 spiro atoms. The zero-order valence-corrected chi connectivity index (χ0v) is 16.4. The summed E-state index contributed by atoms with van der Waals surface area (Å²) >= 11 is 0. The number of fused-ring (bicyclic) bond motifs is 6. The molecular weight excluding hydrogens is 354 g/mol. The number of aryl methyl sites for hydroxylation is 1. The molecule has 0 N–H and O–H groups in total. The number of benzene rings is 2. The number of aromatic nitrogens is 2. The Labute approximate surface area is 170 Å². The number of pyridine rings is 2. The van der Waals surface area contributed by atoms with E-state index in [0.29, 0.717) is 0 Å². The summed E-state index contributed by atoms with van der Waals surface area (Å²) in [5.74, 6) is 1.35. The fraction of sp³-hybridized carbons (Fsp3) is 0.192. The Morgan fingerprint density at radius 1 is 0.793 bits per heavy atom. The second-order valence-electron chi connectivity index (χ2n) is 8.02. The van der Waals surface area contributed by atoms with E-state index in [1.54, 1.807) is 0 Å². The van der Waals surface area contributed by atoms with Gasteiger partial charge >= 0.3 is 0 Å². The summed E-state index contributed by atoms with van der Waals surface area (Å²) in [5.41, 5.74) is 6.23. The third-order valence-electron chi connectivity index (χ3n) is 6.12. The van der Waals surface area contributed by atoms with Gasteiger partial charge in [0.15, 0.2) is 0 Å². The Kier molecular flexibility index (Phi) is 3.80. The van der Waals surface area contributed by atoms with Crippen molar-refractivity contribution in [1.29, 1.82) is 0 Å². The van der Waals surface area contributed by atoms with Crippen molar-refractivity contribution in [2.75, 3.05) is 11.4 Å². The lowest BCUT2D eigenvalue weighted by molar-refractivity contribution is 0.703. The van der Waals surface area contributed by atoms with E-state index in [0.717, 1.165) is 30.7 Å². The average molecular weight is 377 g/mol. The molecule has 0 radical (unpaired) electrons. The summed E-state index contributed by atoms with van der Waals surface area (Å²) in [4.78, 5) is 7.49. The highest BCUT2D eigenvalue weighted by Gasteiger charge is 2.21. The van der Waals surface area contributed by atoms with Crippen LogP contribution >= 0.6 is 0 Å². The molecule has 3 nitrogen and oxygen atoms in total. The molecule has 0 amide bonds. The fourth-order valence-corrected chi connectivity index (χ4v) is 4.75. The zero-order valence-electron chi connectivity index (χ0n) is 16.4. The first-order valence-corrected chi connectivity index (χ1v) is 10.5. The minimum Gasteiger partial charge on any atom is -0.352 e. The van der Waals surface area contributed by atoms with Crippen molar-refractivity contribution in [3.8, 4) is 0 Å². The first-order chi connectivity index (χ1) is 14.4. The molecule has 3 aromatic heterocycles. The maximum Gasteiger partial charge on any atom is 0.117 e. The molecule has 0 aliphatic carbocycles. The Hall–Kier alpha value is -3.33.